The molecule has 0 amide bonds. The van der Waals surface area contributed by atoms with E-state index in [0.717, 1.165) is 35.5 Å². The van der Waals surface area contributed by atoms with Gasteiger partial charge in [-0.15, -0.1) is 0 Å². The van der Waals surface area contributed by atoms with Crippen LogP contribution in [0.1, 0.15) is 88.2 Å². The Hall–Kier alpha value is -1.70. The molecule has 2 heteroatoms. The molecule has 8 fully saturated rings. The Morgan fingerprint density at radius 3 is 1.53 bits per heavy atom. The Morgan fingerprint density at radius 2 is 1.03 bits per heavy atom. The zero-order chi connectivity index (χ0) is 21.2. The van der Waals surface area contributed by atoms with Crippen LogP contribution in [0.3, 0.4) is 0 Å². The lowest BCUT2D eigenvalue weighted by atomic mass is 9.47. The van der Waals surface area contributed by atoms with Gasteiger partial charge in [0.05, 0.1) is 0 Å². The standard InChI is InChI=1S/C30H36O2/c31-23-9-25-24(26(10-23)29-11-17-3-18(12-29)5-19(4-17)13-29)1-2-27(32)28(25)30-14-20-6-21(15-30)8-22(7-20)16-30/h1-2,9-10,17-22,31-32H,3-8,11-16H2. The van der Waals surface area contributed by atoms with Gasteiger partial charge in [-0.2, -0.15) is 0 Å². The van der Waals surface area contributed by atoms with Crippen molar-refractivity contribution in [1.29, 1.82) is 0 Å². The molecule has 8 aliphatic carbocycles. The Labute approximate surface area is 191 Å². The van der Waals surface area contributed by atoms with Gasteiger partial charge in [-0.3, -0.25) is 0 Å². The Balaban J connectivity index is 1.34. The van der Waals surface area contributed by atoms with Gasteiger partial charge in [-0.05, 0) is 153 Å². The van der Waals surface area contributed by atoms with Crippen molar-refractivity contribution in [3.63, 3.8) is 0 Å². The van der Waals surface area contributed by atoms with Crippen molar-refractivity contribution in [2.24, 2.45) is 35.5 Å². The van der Waals surface area contributed by atoms with Gasteiger partial charge in [-0.1, -0.05) is 6.07 Å². The van der Waals surface area contributed by atoms with E-state index in [2.05, 4.69) is 12.1 Å². The van der Waals surface area contributed by atoms with Crippen LogP contribution in [0, 0.1) is 35.5 Å². The summed E-state index contributed by atoms with van der Waals surface area (Å²) >= 11 is 0. The van der Waals surface area contributed by atoms with E-state index in [-0.39, 0.29) is 10.8 Å². The minimum atomic E-state index is 0.130. The van der Waals surface area contributed by atoms with Gasteiger partial charge in [0, 0.05) is 11.0 Å². The number of phenolic OH excluding ortho intramolecular Hbond substituents is 2. The number of rotatable bonds is 2. The Morgan fingerprint density at radius 1 is 0.562 bits per heavy atom. The molecular formula is C30H36O2. The molecule has 8 aliphatic rings. The number of hydrogen-bond acceptors (Lipinski definition) is 2. The summed E-state index contributed by atoms with van der Waals surface area (Å²) in [6.45, 7) is 0. The van der Waals surface area contributed by atoms with Gasteiger partial charge in [0.15, 0.2) is 0 Å². The van der Waals surface area contributed by atoms with Gasteiger partial charge >= 0.3 is 0 Å². The fourth-order valence-electron chi connectivity index (χ4n) is 11.3. The molecule has 0 unspecified atom stereocenters. The van der Waals surface area contributed by atoms with Crippen molar-refractivity contribution in [1.82, 2.24) is 0 Å². The maximum absolute atomic E-state index is 11.3. The first-order chi connectivity index (χ1) is 15.5. The maximum atomic E-state index is 11.3. The molecular weight excluding hydrogens is 392 g/mol. The highest BCUT2D eigenvalue weighted by Gasteiger charge is 2.54. The van der Waals surface area contributed by atoms with Crippen LogP contribution in [-0.2, 0) is 10.8 Å². The molecule has 0 heterocycles. The second-order valence-electron chi connectivity index (χ2n) is 13.4. The van der Waals surface area contributed by atoms with Crippen LogP contribution >= 0.6 is 0 Å². The summed E-state index contributed by atoms with van der Waals surface area (Å²) in [5.41, 5.74) is 3.00. The van der Waals surface area contributed by atoms with Crippen molar-refractivity contribution in [2.45, 2.75) is 87.9 Å². The molecule has 32 heavy (non-hydrogen) atoms. The molecule has 2 N–H and O–H groups in total. The predicted octanol–water partition coefficient (Wildman–Crippen LogP) is 7.19. The van der Waals surface area contributed by atoms with E-state index in [1.165, 1.54) is 98.9 Å². The third kappa shape index (κ3) is 2.42. The third-order valence-electron chi connectivity index (χ3n) is 11.3. The number of aromatic hydroxyl groups is 2. The topological polar surface area (TPSA) is 40.5 Å². The monoisotopic (exact) mass is 428 g/mol. The molecule has 0 atom stereocenters. The normalized spacial score (nSPS) is 45.8. The van der Waals surface area contributed by atoms with Crippen molar-refractivity contribution in [3.8, 4) is 11.5 Å². The van der Waals surface area contributed by atoms with Crippen LogP contribution in [0.4, 0.5) is 0 Å². The lowest BCUT2D eigenvalue weighted by molar-refractivity contribution is -0.00585. The number of phenols is 2. The summed E-state index contributed by atoms with van der Waals surface area (Å²) in [6.07, 6.45) is 16.2. The summed E-state index contributed by atoms with van der Waals surface area (Å²) in [7, 11) is 0. The van der Waals surface area contributed by atoms with Crippen LogP contribution in [0.15, 0.2) is 24.3 Å². The lowest BCUT2D eigenvalue weighted by Gasteiger charge is -2.58. The quantitative estimate of drug-likeness (QED) is 0.531. The minimum absolute atomic E-state index is 0.130. The SMILES string of the molecule is Oc1cc(C23CC4CC(CC(C4)C2)C3)c2ccc(O)c(C34CC5CC(CC(C5)C3)C4)c2c1. The van der Waals surface area contributed by atoms with Gasteiger partial charge in [0.1, 0.15) is 11.5 Å². The molecule has 8 saturated carbocycles. The van der Waals surface area contributed by atoms with E-state index in [1.54, 1.807) is 0 Å². The Kier molecular flexibility index (Phi) is 3.53. The van der Waals surface area contributed by atoms with Gasteiger partial charge in [-0.25, -0.2) is 0 Å². The highest BCUT2D eigenvalue weighted by Crippen LogP contribution is 2.65. The number of benzene rings is 2. The molecule has 0 saturated heterocycles. The molecule has 0 spiro atoms. The van der Waals surface area contributed by atoms with Gasteiger partial charge in [0.2, 0.25) is 0 Å². The van der Waals surface area contributed by atoms with E-state index in [1.807, 2.05) is 12.1 Å². The molecule has 10 rings (SSSR count). The fourth-order valence-corrected chi connectivity index (χ4v) is 11.3. The van der Waals surface area contributed by atoms with E-state index in [9.17, 15) is 10.2 Å². The van der Waals surface area contributed by atoms with E-state index < -0.39 is 0 Å². The molecule has 2 aromatic carbocycles. The first kappa shape index (κ1) is 18.7. The van der Waals surface area contributed by atoms with Crippen molar-refractivity contribution in [3.05, 3.63) is 35.4 Å². The second-order valence-corrected chi connectivity index (χ2v) is 13.4. The van der Waals surface area contributed by atoms with E-state index in [0.29, 0.717) is 11.5 Å². The van der Waals surface area contributed by atoms with Crippen LogP contribution < -0.4 is 0 Å². The smallest absolute Gasteiger partial charge is 0.119 e. The zero-order valence-corrected chi connectivity index (χ0v) is 19.2. The predicted molar refractivity (Wildman–Crippen MR) is 127 cm³/mol. The average Bonchev–Trinajstić information content (AvgIpc) is 2.70. The Bertz CT molecular complexity index is 1060. The fraction of sp³-hybridized carbons (Fsp3) is 0.667. The molecule has 0 radical (unpaired) electrons. The van der Waals surface area contributed by atoms with Crippen LogP contribution in [-0.4, -0.2) is 10.2 Å². The third-order valence-corrected chi connectivity index (χ3v) is 11.3. The summed E-state index contributed by atoms with van der Waals surface area (Å²) < 4.78 is 0. The van der Waals surface area contributed by atoms with Crippen molar-refractivity contribution < 1.29 is 10.2 Å². The van der Waals surface area contributed by atoms with Crippen LogP contribution in [0.2, 0.25) is 0 Å². The minimum Gasteiger partial charge on any atom is -0.508 e. The second kappa shape index (κ2) is 6.05. The number of hydrogen-bond donors (Lipinski definition) is 2. The molecule has 2 nitrogen and oxygen atoms in total. The zero-order valence-electron chi connectivity index (χ0n) is 19.2. The summed E-state index contributed by atoms with van der Waals surface area (Å²) in [5, 5.41) is 24.9. The highest BCUT2D eigenvalue weighted by atomic mass is 16.3. The molecule has 0 aliphatic heterocycles. The molecule has 8 bridgehead atoms. The largest absolute Gasteiger partial charge is 0.508 e. The maximum Gasteiger partial charge on any atom is 0.119 e. The lowest BCUT2D eigenvalue weighted by Crippen LogP contribution is -2.49. The van der Waals surface area contributed by atoms with Gasteiger partial charge < -0.3 is 10.2 Å². The van der Waals surface area contributed by atoms with Gasteiger partial charge in [0.25, 0.3) is 0 Å². The van der Waals surface area contributed by atoms with E-state index >= 15 is 0 Å². The summed E-state index contributed by atoms with van der Waals surface area (Å²) in [5.74, 6) is 6.10. The van der Waals surface area contributed by atoms with Crippen molar-refractivity contribution in [2.75, 3.05) is 0 Å². The summed E-state index contributed by atoms with van der Waals surface area (Å²) in [4.78, 5) is 0. The number of fused-ring (bicyclic) bond motifs is 1. The average molecular weight is 429 g/mol. The summed E-state index contributed by atoms with van der Waals surface area (Å²) in [6, 6.07) is 8.34. The van der Waals surface area contributed by atoms with Crippen LogP contribution in [0.5, 0.6) is 11.5 Å². The molecule has 168 valence electrons. The first-order valence-electron chi connectivity index (χ1n) is 13.5. The van der Waals surface area contributed by atoms with Crippen molar-refractivity contribution >= 4 is 10.8 Å². The van der Waals surface area contributed by atoms with E-state index in [4.69, 9.17) is 0 Å². The molecule has 2 aromatic rings. The molecule has 0 aromatic heterocycles. The van der Waals surface area contributed by atoms with Crippen LogP contribution in [0.25, 0.3) is 10.8 Å². The first-order valence-corrected chi connectivity index (χ1v) is 13.5. The highest BCUT2D eigenvalue weighted by molar-refractivity contribution is 5.93.